The zero-order chi connectivity index (χ0) is 10.1. The van der Waals surface area contributed by atoms with Crippen LogP contribution >= 0.6 is 0 Å². The molecule has 0 amide bonds. The van der Waals surface area contributed by atoms with E-state index in [0.29, 0.717) is 6.42 Å². The summed E-state index contributed by atoms with van der Waals surface area (Å²) in [4.78, 5) is 11.0. The van der Waals surface area contributed by atoms with Crippen molar-refractivity contribution in [1.29, 1.82) is 0 Å². The second kappa shape index (κ2) is 3.41. The SMILES string of the molecule is CC(=O)CC1(C)CCC(C)(C)CO1. The van der Waals surface area contributed by atoms with Crippen molar-refractivity contribution in [2.75, 3.05) is 6.61 Å². The Bertz CT molecular complexity index is 196. The molecule has 0 bridgehead atoms. The van der Waals surface area contributed by atoms with E-state index in [1.807, 2.05) is 6.92 Å². The van der Waals surface area contributed by atoms with Crippen LogP contribution in [0, 0.1) is 5.41 Å². The van der Waals surface area contributed by atoms with Crippen molar-refractivity contribution in [2.45, 2.75) is 52.6 Å². The van der Waals surface area contributed by atoms with E-state index >= 15 is 0 Å². The molecule has 1 fully saturated rings. The van der Waals surface area contributed by atoms with Crippen LogP contribution < -0.4 is 0 Å². The number of ketones is 1. The van der Waals surface area contributed by atoms with Crippen LogP contribution in [0.1, 0.15) is 47.0 Å². The Morgan fingerprint density at radius 1 is 1.31 bits per heavy atom. The van der Waals surface area contributed by atoms with Gasteiger partial charge < -0.3 is 4.74 Å². The molecule has 2 nitrogen and oxygen atoms in total. The molecule has 2 heteroatoms. The monoisotopic (exact) mass is 184 g/mol. The third-order valence-electron chi connectivity index (χ3n) is 2.76. The predicted octanol–water partition coefficient (Wildman–Crippen LogP) is 2.56. The molecule has 1 heterocycles. The number of hydrogen-bond acceptors (Lipinski definition) is 2. The molecule has 0 aliphatic carbocycles. The Labute approximate surface area is 80.7 Å². The van der Waals surface area contributed by atoms with Crippen molar-refractivity contribution < 1.29 is 9.53 Å². The topological polar surface area (TPSA) is 26.3 Å². The van der Waals surface area contributed by atoms with Crippen LogP contribution in [0.2, 0.25) is 0 Å². The fourth-order valence-electron chi connectivity index (χ4n) is 1.78. The van der Waals surface area contributed by atoms with E-state index in [2.05, 4.69) is 13.8 Å². The van der Waals surface area contributed by atoms with Gasteiger partial charge in [0.1, 0.15) is 5.78 Å². The Kier molecular flexibility index (Phi) is 2.81. The minimum atomic E-state index is -0.193. The molecule has 1 rings (SSSR count). The van der Waals surface area contributed by atoms with Gasteiger partial charge in [0.05, 0.1) is 12.2 Å². The summed E-state index contributed by atoms with van der Waals surface area (Å²) in [6, 6.07) is 0. The van der Waals surface area contributed by atoms with Gasteiger partial charge in [0, 0.05) is 6.42 Å². The quantitative estimate of drug-likeness (QED) is 0.659. The molecule has 0 spiro atoms. The average Bonchev–Trinajstić information content (AvgIpc) is 1.95. The first kappa shape index (κ1) is 10.7. The molecule has 13 heavy (non-hydrogen) atoms. The molecule has 0 aromatic rings. The molecule has 0 saturated carbocycles. The van der Waals surface area contributed by atoms with Gasteiger partial charge in [-0.15, -0.1) is 0 Å². The normalized spacial score (nSPS) is 32.9. The first-order chi connectivity index (χ1) is 5.83. The third-order valence-corrected chi connectivity index (χ3v) is 2.76. The van der Waals surface area contributed by atoms with Gasteiger partial charge in [-0.3, -0.25) is 4.79 Å². The Hall–Kier alpha value is -0.370. The first-order valence-corrected chi connectivity index (χ1v) is 4.96. The number of rotatable bonds is 2. The molecule has 1 saturated heterocycles. The van der Waals surface area contributed by atoms with Crippen LogP contribution in [0.4, 0.5) is 0 Å². The first-order valence-electron chi connectivity index (χ1n) is 4.96. The van der Waals surface area contributed by atoms with Gasteiger partial charge in [0.25, 0.3) is 0 Å². The summed E-state index contributed by atoms with van der Waals surface area (Å²) in [6.07, 6.45) is 2.71. The van der Waals surface area contributed by atoms with Crippen LogP contribution in [0.3, 0.4) is 0 Å². The molecule has 1 aliphatic rings. The lowest BCUT2D eigenvalue weighted by atomic mass is 9.79. The van der Waals surface area contributed by atoms with E-state index in [0.717, 1.165) is 19.4 Å². The molecule has 0 aromatic heterocycles. The lowest BCUT2D eigenvalue weighted by molar-refractivity contribution is -0.138. The highest BCUT2D eigenvalue weighted by molar-refractivity contribution is 5.76. The lowest BCUT2D eigenvalue weighted by Crippen LogP contribution is -2.41. The summed E-state index contributed by atoms with van der Waals surface area (Å²) < 4.78 is 5.77. The van der Waals surface area contributed by atoms with Crippen LogP contribution in [0.5, 0.6) is 0 Å². The lowest BCUT2D eigenvalue weighted by Gasteiger charge is -2.41. The minimum Gasteiger partial charge on any atom is -0.374 e. The summed E-state index contributed by atoms with van der Waals surface area (Å²) in [7, 11) is 0. The van der Waals surface area contributed by atoms with Crippen molar-refractivity contribution >= 4 is 5.78 Å². The summed E-state index contributed by atoms with van der Waals surface area (Å²) in [5.41, 5.74) is 0.0949. The Morgan fingerprint density at radius 3 is 2.31 bits per heavy atom. The van der Waals surface area contributed by atoms with Gasteiger partial charge in [-0.05, 0) is 32.1 Å². The zero-order valence-electron chi connectivity index (χ0n) is 9.14. The highest BCUT2D eigenvalue weighted by Crippen LogP contribution is 2.37. The van der Waals surface area contributed by atoms with Gasteiger partial charge >= 0.3 is 0 Å². The van der Waals surface area contributed by atoms with Crippen molar-refractivity contribution in [3.63, 3.8) is 0 Å². The maximum absolute atomic E-state index is 11.0. The number of hydrogen-bond donors (Lipinski definition) is 0. The maximum atomic E-state index is 11.0. The van der Waals surface area contributed by atoms with Crippen molar-refractivity contribution in [2.24, 2.45) is 5.41 Å². The van der Waals surface area contributed by atoms with Gasteiger partial charge in [0.2, 0.25) is 0 Å². The van der Waals surface area contributed by atoms with Crippen molar-refractivity contribution in [3.05, 3.63) is 0 Å². The van der Waals surface area contributed by atoms with Crippen molar-refractivity contribution in [3.8, 4) is 0 Å². The highest BCUT2D eigenvalue weighted by atomic mass is 16.5. The van der Waals surface area contributed by atoms with E-state index < -0.39 is 0 Å². The fourth-order valence-corrected chi connectivity index (χ4v) is 1.78. The minimum absolute atomic E-state index is 0.193. The van der Waals surface area contributed by atoms with Crippen molar-refractivity contribution in [1.82, 2.24) is 0 Å². The van der Waals surface area contributed by atoms with E-state index in [4.69, 9.17) is 4.74 Å². The third kappa shape index (κ3) is 3.11. The Balaban J connectivity index is 2.51. The molecule has 0 aromatic carbocycles. The van der Waals surface area contributed by atoms with Gasteiger partial charge in [-0.2, -0.15) is 0 Å². The largest absolute Gasteiger partial charge is 0.374 e. The standard InChI is InChI=1S/C11H20O2/c1-9(12)7-11(4)6-5-10(2,3)8-13-11/h5-8H2,1-4H3. The molecule has 0 N–H and O–H groups in total. The van der Waals surface area contributed by atoms with E-state index in [-0.39, 0.29) is 16.8 Å². The smallest absolute Gasteiger partial charge is 0.132 e. The zero-order valence-corrected chi connectivity index (χ0v) is 9.14. The van der Waals surface area contributed by atoms with Crippen LogP contribution in [0.25, 0.3) is 0 Å². The molecule has 0 radical (unpaired) electrons. The molecule has 1 aliphatic heterocycles. The summed E-state index contributed by atoms with van der Waals surface area (Å²) in [6.45, 7) is 8.87. The summed E-state index contributed by atoms with van der Waals surface area (Å²) in [5.74, 6) is 0.224. The number of ether oxygens (including phenoxy) is 1. The average molecular weight is 184 g/mol. The van der Waals surface area contributed by atoms with Gasteiger partial charge in [0.15, 0.2) is 0 Å². The summed E-state index contributed by atoms with van der Waals surface area (Å²) >= 11 is 0. The molecular weight excluding hydrogens is 164 g/mol. The predicted molar refractivity (Wildman–Crippen MR) is 52.7 cm³/mol. The number of Topliss-reactive ketones (excluding diaryl/α,β-unsaturated/α-hetero) is 1. The molecule has 76 valence electrons. The van der Waals surface area contributed by atoms with Gasteiger partial charge in [-0.1, -0.05) is 13.8 Å². The molecular formula is C11H20O2. The summed E-state index contributed by atoms with van der Waals surface area (Å²) in [5, 5.41) is 0. The Morgan fingerprint density at radius 2 is 1.92 bits per heavy atom. The van der Waals surface area contributed by atoms with E-state index in [1.165, 1.54) is 0 Å². The van der Waals surface area contributed by atoms with Crippen LogP contribution in [-0.4, -0.2) is 18.0 Å². The van der Waals surface area contributed by atoms with E-state index in [1.54, 1.807) is 6.92 Å². The fraction of sp³-hybridized carbons (Fsp3) is 0.909. The van der Waals surface area contributed by atoms with Crippen LogP contribution in [-0.2, 0) is 9.53 Å². The maximum Gasteiger partial charge on any atom is 0.132 e. The van der Waals surface area contributed by atoms with Crippen LogP contribution in [0.15, 0.2) is 0 Å². The second-order valence-electron chi connectivity index (χ2n) is 5.28. The number of carbonyl (C=O) groups excluding carboxylic acids is 1. The second-order valence-corrected chi connectivity index (χ2v) is 5.28. The van der Waals surface area contributed by atoms with Gasteiger partial charge in [-0.25, -0.2) is 0 Å². The number of carbonyl (C=O) groups is 1. The highest BCUT2D eigenvalue weighted by Gasteiger charge is 2.36. The molecule has 1 atom stereocenters. The van der Waals surface area contributed by atoms with E-state index in [9.17, 15) is 4.79 Å². The molecule has 1 unspecified atom stereocenters.